The molecule has 146 valence electrons. The number of carbonyl (C=O) groups excluding carboxylic acids is 1. The minimum absolute atomic E-state index is 0.0311. The predicted octanol–water partition coefficient (Wildman–Crippen LogP) is 3.01. The Bertz CT molecular complexity index is 1010. The van der Waals surface area contributed by atoms with Crippen LogP contribution in [0.5, 0.6) is 17.2 Å². The summed E-state index contributed by atoms with van der Waals surface area (Å²) in [5.74, 6) is 1.42. The lowest BCUT2D eigenvalue weighted by atomic mass is 10.2. The zero-order chi connectivity index (χ0) is 20.3. The SMILES string of the molecule is COc1cc(-c2nc(CNC(=O)c3cc(C)ncc3OC)c(C)o2)ccc1O. The summed E-state index contributed by atoms with van der Waals surface area (Å²) >= 11 is 0. The third-order valence-corrected chi connectivity index (χ3v) is 4.20. The van der Waals surface area contributed by atoms with Gasteiger partial charge in [-0.1, -0.05) is 0 Å². The number of aromatic hydroxyl groups is 1. The van der Waals surface area contributed by atoms with Crippen molar-refractivity contribution in [2.45, 2.75) is 20.4 Å². The predicted molar refractivity (Wildman–Crippen MR) is 102 cm³/mol. The van der Waals surface area contributed by atoms with E-state index in [1.807, 2.05) is 0 Å². The molecule has 0 saturated carbocycles. The topological polar surface area (TPSA) is 107 Å². The summed E-state index contributed by atoms with van der Waals surface area (Å²) in [6.07, 6.45) is 1.52. The third-order valence-electron chi connectivity index (χ3n) is 4.20. The number of methoxy groups -OCH3 is 2. The van der Waals surface area contributed by atoms with Crippen LogP contribution in [0.15, 0.2) is 34.9 Å². The Morgan fingerprint density at radius 2 is 1.93 bits per heavy atom. The molecule has 0 bridgehead atoms. The number of aromatic nitrogens is 2. The molecule has 0 atom stereocenters. The second kappa shape index (κ2) is 7.99. The number of rotatable bonds is 6. The molecule has 0 aliphatic rings. The van der Waals surface area contributed by atoms with Gasteiger partial charge in [-0.05, 0) is 38.1 Å². The van der Waals surface area contributed by atoms with E-state index in [-0.39, 0.29) is 18.2 Å². The van der Waals surface area contributed by atoms with E-state index in [9.17, 15) is 9.90 Å². The average Bonchev–Trinajstić information content (AvgIpc) is 3.07. The van der Waals surface area contributed by atoms with Crippen LogP contribution in [0.2, 0.25) is 0 Å². The van der Waals surface area contributed by atoms with E-state index in [4.69, 9.17) is 13.9 Å². The fourth-order valence-corrected chi connectivity index (χ4v) is 2.67. The molecule has 3 rings (SSSR count). The van der Waals surface area contributed by atoms with Gasteiger partial charge in [-0.25, -0.2) is 4.98 Å². The molecule has 0 fully saturated rings. The van der Waals surface area contributed by atoms with Crippen molar-refractivity contribution in [3.05, 3.63) is 53.2 Å². The first-order chi connectivity index (χ1) is 13.4. The lowest BCUT2D eigenvalue weighted by molar-refractivity contribution is 0.0947. The average molecular weight is 383 g/mol. The van der Waals surface area contributed by atoms with Crippen LogP contribution >= 0.6 is 0 Å². The summed E-state index contributed by atoms with van der Waals surface area (Å²) in [4.78, 5) is 21.1. The van der Waals surface area contributed by atoms with Crippen molar-refractivity contribution >= 4 is 5.91 Å². The van der Waals surface area contributed by atoms with E-state index in [0.717, 1.165) is 0 Å². The molecule has 0 aliphatic heterocycles. The van der Waals surface area contributed by atoms with Crippen LogP contribution in [-0.2, 0) is 6.54 Å². The molecule has 0 spiro atoms. The Balaban J connectivity index is 1.78. The molecule has 1 aromatic carbocycles. The lowest BCUT2D eigenvalue weighted by Crippen LogP contribution is -2.24. The number of nitrogens with zero attached hydrogens (tertiary/aromatic N) is 2. The second-order valence-electron chi connectivity index (χ2n) is 6.12. The van der Waals surface area contributed by atoms with E-state index in [2.05, 4.69) is 15.3 Å². The summed E-state index contributed by atoms with van der Waals surface area (Å²) < 4.78 is 16.0. The molecule has 2 aromatic heterocycles. The van der Waals surface area contributed by atoms with Gasteiger partial charge in [0, 0.05) is 11.3 Å². The normalized spacial score (nSPS) is 10.6. The van der Waals surface area contributed by atoms with Gasteiger partial charge in [0.25, 0.3) is 5.91 Å². The maximum atomic E-state index is 12.5. The van der Waals surface area contributed by atoms with Crippen LogP contribution in [0.1, 0.15) is 27.5 Å². The Labute approximate surface area is 162 Å². The van der Waals surface area contributed by atoms with Gasteiger partial charge in [0.2, 0.25) is 5.89 Å². The van der Waals surface area contributed by atoms with Gasteiger partial charge in [-0.2, -0.15) is 0 Å². The molecule has 3 aromatic rings. The van der Waals surface area contributed by atoms with Gasteiger partial charge in [0.1, 0.15) is 17.2 Å². The first kappa shape index (κ1) is 19.2. The highest BCUT2D eigenvalue weighted by Crippen LogP contribution is 2.31. The maximum absolute atomic E-state index is 12.5. The number of aryl methyl sites for hydroxylation is 2. The highest BCUT2D eigenvalue weighted by Gasteiger charge is 2.17. The fourth-order valence-electron chi connectivity index (χ4n) is 2.67. The largest absolute Gasteiger partial charge is 0.504 e. The van der Waals surface area contributed by atoms with Crippen LogP contribution in [0.25, 0.3) is 11.5 Å². The second-order valence-corrected chi connectivity index (χ2v) is 6.12. The standard InChI is InChI=1S/C20H21N3O5/c1-11-7-14(18(27-4)10-21-11)19(25)22-9-15-12(2)28-20(23-15)13-5-6-16(24)17(8-13)26-3/h5-8,10,24H,9H2,1-4H3,(H,22,25). The molecule has 8 heteroatoms. The number of carbonyl (C=O) groups is 1. The highest BCUT2D eigenvalue weighted by molar-refractivity contribution is 5.96. The van der Waals surface area contributed by atoms with Crippen molar-refractivity contribution < 1.29 is 23.8 Å². The van der Waals surface area contributed by atoms with Crippen LogP contribution in [-0.4, -0.2) is 35.2 Å². The number of hydrogen-bond donors (Lipinski definition) is 2. The van der Waals surface area contributed by atoms with Crippen molar-refractivity contribution in [2.24, 2.45) is 0 Å². The van der Waals surface area contributed by atoms with Crippen molar-refractivity contribution in [1.82, 2.24) is 15.3 Å². The maximum Gasteiger partial charge on any atom is 0.255 e. The summed E-state index contributed by atoms with van der Waals surface area (Å²) in [6.45, 7) is 3.76. The first-order valence-corrected chi connectivity index (χ1v) is 8.55. The van der Waals surface area contributed by atoms with Gasteiger partial charge in [-0.15, -0.1) is 0 Å². The molecular formula is C20H21N3O5. The first-order valence-electron chi connectivity index (χ1n) is 8.55. The zero-order valence-electron chi connectivity index (χ0n) is 16.1. The minimum Gasteiger partial charge on any atom is -0.504 e. The lowest BCUT2D eigenvalue weighted by Gasteiger charge is -2.09. The van der Waals surface area contributed by atoms with Crippen LogP contribution in [0.3, 0.4) is 0 Å². The molecular weight excluding hydrogens is 362 g/mol. The van der Waals surface area contributed by atoms with Crippen molar-refractivity contribution in [2.75, 3.05) is 14.2 Å². The monoisotopic (exact) mass is 383 g/mol. The van der Waals surface area contributed by atoms with E-state index in [0.29, 0.717) is 45.7 Å². The molecule has 0 unspecified atom stereocenters. The zero-order valence-corrected chi connectivity index (χ0v) is 16.1. The Kier molecular flexibility index (Phi) is 5.49. The molecule has 0 radical (unpaired) electrons. The summed E-state index contributed by atoms with van der Waals surface area (Å²) in [7, 11) is 2.96. The quantitative estimate of drug-likeness (QED) is 0.674. The van der Waals surface area contributed by atoms with Crippen molar-refractivity contribution in [1.29, 1.82) is 0 Å². The number of hydrogen-bond acceptors (Lipinski definition) is 7. The van der Waals surface area contributed by atoms with Crippen LogP contribution in [0.4, 0.5) is 0 Å². The van der Waals surface area contributed by atoms with Crippen LogP contribution < -0.4 is 14.8 Å². The molecule has 1 amide bonds. The number of phenolic OH excluding ortho intramolecular Hbond substituents is 1. The van der Waals surface area contributed by atoms with E-state index in [1.165, 1.54) is 26.5 Å². The number of benzene rings is 1. The fraction of sp³-hybridized carbons (Fsp3) is 0.250. The Morgan fingerprint density at radius 1 is 1.18 bits per heavy atom. The number of ether oxygens (including phenoxy) is 2. The molecule has 8 nitrogen and oxygen atoms in total. The number of pyridine rings is 1. The molecule has 2 heterocycles. The summed E-state index contributed by atoms with van der Waals surface area (Å²) in [5.41, 5.74) is 2.37. The Morgan fingerprint density at radius 3 is 2.64 bits per heavy atom. The van der Waals surface area contributed by atoms with Gasteiger partial charge in [0.05, 0.1) is 32.5 Å². The molecule has 0 aliphatic carbocycles. The number of oxazole rings is 1. The number of phenols is 1. The number of nitrogens with one attached hydrogen (secondary N) is 1. The van der Waals surface area contributed by atoms with Crippen LogP contribution in [0, 0.1) is 13.8 Å². The molecule has 28 heavy (non-hydrogen) atoms. The summed E-state index contributed by atoms with van der Waals surface area (Å²) in [5, 5.41) is 12.5. The van der Waals surface area contributed by atoms with Crippen molar-refractivity contribution in [3.63, 3.8) is 0 Å². The highest BCUT2D eigenvalue weighted by atomic mass is 16.5. The smallest absolute Gasteiger partial charge is 0.255 e. The number of amides is 1. The van der Waals surface area contributed by atoms with Gasteiger partial charge >= 0.3 is 0 Å². The third kappa shape index (κ3) is 3.90. The molecule has 0 saturated heterocycles. The minimum atomic E-state index is -0.294. The molecule has 2 N–H and O–H groups in total. The summed E-state index contributed by atoms with van der Waals surface area (Å²) in [6, 6.07) is 6.48. The van der Waals surface area contributed by atoms with E-state index >= 15 is 0 Å². The van der Waals surface area contributed by atoms with Crippen molar-refractivity contribution in [3.8, 4) is 28.7 Å². The van der Waals surface area contributed by atoms with E-state index < -0.39 is 0 Å². The van der Waals surface area contributed by atoms with Gasteiger partial charge < -0.3 is 24.3 Å². The van der Waals surface area contributed by atoms with Gasteiger partial charge in [-0.3, -0.25) is 9.78 Å². The van der Waals surface area contributed by atoms with Gasteiger partial charge in [0.15, 0.2) is 11.5 Å². The van der Waals surface area contributed by atoms with E-state index in [1.54, 1.807) is 32.0 Å². The Hall–Kier alpha value is -3.55.